The molecule has 0 fully saturated rings. The summed E-state index contributed by atoms with van der Waals surface area (Å²) in [6.07, 6.45) is 1.74. The van der Waals surface area contributed by atoms with Crippen molar-refractivity contribution in [1.82, 2.24) is 15.8 Å². The van der Waals surface area contributed by atoms with Gasteiger partial charge in [0, 0.05) is 28.5 Å². The summed E-state index contributed by atoms with van der Waals surface area (Å²) in [5.74, 6) is 0.483. The van der Waals surface area contributed by atoms with Gasteiger partial charge >= 0.3 is 0 Å². The molecule has 0 saturated carbocycles. The van der Waals surface area contributed by atoms with Crippen LogP contribution in [0.1, 0.15) is 15.9 Å². The molecule has 3 aromatic carbocycles. The van der Waals surface area contributed by atoms with Gasteiger partial charge in [0.2, 0.25) is 11.7 Å². The van der Waals surface area contributed by atoms with Gasteiger partial charge in [0.25, 0.3) is 5.91 Å². The molecule has 9 heteroatoms. The average Bonchev–Trinajstić information content (AvgIpc) is 2.91. The Kier molecular flexibility index (Phi) is 7.50. The molecule has 0 saturated heterocycles. The molecular formula is C27H26N4O5. The normalized spacial score (nSPS) is 10.4. The second kappa shape index (κ2) is 11.1. The number of methoxy groups -OCH3 is 3. The van der Waals surface area contributed by atoms with Crippen LogP contribution in [0.2, 0.25) is 0 Å². The summed E-state index contributed by atoms with van der Waals surface area (Å²) < 4.78 is 15.9. The highest BCUT2D eigenvalue weighted by atomic mass is 16.5. The number of carbonyl (C=O) groups is 2. The highest BCUT2D eigenvalue weighted by Gasteiger charge is 2.15. The van der Waals surface area contributed by atoms with Gasteiger partial charge in [0.15, 0.2) is 11.5 Å². The standard InChI is InChI=1S/C27H26N4O5/c1-34-23-14-17(15-24(35-2)26(23)36-3)16-25(32)30-31-27(33)18-8-10-19(11-9-18)29-22-12-13-28-21-7-5-4-6-20(21)22/h4-15H,16H2,1-3H3,(H,28,29)(H,30,32)(H,31,33). The molecule has 1 aromatic heterocycles. The van der Waals surface area contributed by atoms with Gasteiger partial charge in [0.05, 0.1) is 33.3 Å². The van der Waals surface area contributed by atoms with Crippen molar-refractivity contribution in [2.75, 3.05) is 26.6 Å². The number of aromatic nitrogens is 1. The average molecular weight is 487 g/mol. The third kappa shape index (κ3) is 5.47. The molecule has 0 unspecified atom stereocenters. The Morgan fingerprint density at radius 1 is 0.833 bits per heavy atom. The van der Waals surface area contributed by atoms with E-state index in [0.717, 1.165) is 22.3 Å². The van der Waals surface area contributed by atoms with Crippen LogP contribution in [0.25, 0.3) is 10.9 Å². The van der Waals surface area contributed by atoms with Gasteiger partial charge in [-0.05, 0) is 54.1 Å². The second-order valence-corrected chi connectivity index (χ2v) is 7.79. The Labute approximate surface area is 208 Å². The van der Waals surface area contributed by atoms with Crippen molar-refractivity contribution in [3.05, 3.63) is 84.1 Å². The van der Waals surface area contributed by atoms with E-state index < -0.39 is 11.8 Å². The molecule has 4 rings (SSSR count). The molecule has 0 spiro atoms. The van der Waals surface area contributed by atoms with E-state index in [0.29, 0.717) is 28.4 Å². The predicted molar refractivity (Wildman–Crippen MR) is 137 cm³/mol. The number of fused-ring (bicyclic) bond motifs is 1. The fourth-order valence-corrected chi connectivity index (χ4v) is 3.73. The number of ether oxygens (including phenoxy) is 3. The van der Waals surface area contributed by atoms with Crippen molar-refractivity contribution in [1.29, 1.82) is 0 Å². The first-order valence-corrected chi connectivity index (χ1v) is 11.1. The summed E-state index contributed by atoms with van der Waals surface area (Å²) in [4.78, 5) is 29.3. The number of amides is 2. The molecule has 9 nitrogen and oxygen atoms in total. The van der Waals surface area contributed by atoms with Crippen molar-refractivity contribution in [3.8, 4) is 17.2 Å². The summed E-state index contributed by atoms with van der Waals surface area (Å²) in [6.45, 7) is 0. The van der Waals surface area contributed by atoms with Gasteiger partial charge < -0.3 is 19.5 Å². The number of benzene rings is 3. The molecule has 0 radical (unpaired) electrons. The summed E-state index contributed by atoms with van der Waals surface area (Å²) >= 11 is 0. The number of rotatable bonds is 8. The molecule has 0 aliphatic carbocycles. The lowest BCUT2D eigenvalue weighted by molar-refractivity contribution is -0.121. The number of hydrogen-bond donors (Lipinski definition) is 3. The molecule has 36 heavy (non-hydrogen) atoms. The van der Waals surface area contributed by atoms with E-state index >= 15 is 0 Å². The highest BCUT2D eigenvalue weighted by Crippen LogP contribution is 2.38. The topological polar surface area (TPSA) is 111 Å². The van der Waals surface area contributed by atoms with E-state index in [-0.39, 0.29) is 6.42 Å². The third-order valence-electron chi connectivity index (χ3n) is 5.48. The SMILES string of the molecule is COc1cc(CC(=O)NNC(=O)c2ccc(Nc3ccnc4ccccc34)cc2)cc(OC)c1OC. The maximum Gasteiger partial charge on any atom is 0.269 e. The lowest BCUT2D eigenvalue weighted by Gasteiger charge is -2.14. The molecule has 4 aromatic rings. The van der Waals surface area contributed by atoms with Crippen LogP contribution in [-0.2, 0) is 11.2 Å². The lowest BCUT2D eigenvalue weighted by Crippen LogP contribution is -2.42. The van der Waals surface area contributed by atoms with Crippen molar-refractivity contribution in [2.45, 2.75) is 6.42 Å². The maximum atomic E-state index is 12.5. The van der Waals surface area contributed by atoms with Crippen LogP contribution in [-0.4, -0.2) is 38.1 Å². The number of hydrogen-bond acceptors (Lipinski definition) is 7. The Morgan fingerprint density at radius 3 is 2.19 bits per heavy atom. The molecule has 2 amide bonds. The zero-order chi connectivity index (χ0) is 25.5. The van der Waals surface area contributed by atoms with Gasteiger partial charge in [-0.15, -0.1) is 0 Å². The zero-order valence-corrected chi connectivity index (χ0v) is 20.1. The van der Waals surface area contributed by atoms with Crippen LogP contribution in [0.4, 0.5) is 11.4 Å². The fourth-order valence-electron chi connectivity index (χ4n) is 3.73. The van der Waals surface area contributed by atoms with Crippen molar-refractivity contribution in [2.24, 2.45) is 0 Å². The first kappa shape index (κ1) is 24.3. The lowest BCUT2D eigenvalue weighted by atomic mass is 10.1. The van der Waals surface area contributed by atoms with Gasteiger partial charge in [-0.25, -0.2) is 0 Å². The molecule has 0 bridgehead atoms. The van der Waals surface area contributed by atoms with Crippen molar-refractivity contribution >= 4 is 34.1 Å². The van der Waals surface area contributed by atoms with Gasteiger partial charge in [-0.3, -0.25) is 25.4 Å². The molecule has 0 aliphatic heterocycles. The van der Waals surface area contributed by atoms with E-state index in [1.807, 2.05) is 30.3 Å². The molecule has 184 valence electrons. The Balaban J connectivity index is 1.35. The minimum Gasteiger partial charge on any atom is -0.493 e. The second-order valence-electron chi connectivity index (χ2n) is 7.79. The first-order chi connectivity index (χ1) is 17.5. The number of hydrazine groups is 1. The minimum atomic E-state index is -0.436. The number of para-hydroxylation sites is 1. The van der Waals surface area contributed by atoms with E-state index in [1.54, 1.807) is 42.6 Å². The van der Waals surface area contributed by atoms with Gasteiger partial charge in [-0.1, -0.05) is 18.2 Å². The summed E-state index contributed by atoms with van der Waals surface area (Å²) in [7, 11) is 4.51. The first-order valence-electron chi connectivity index (χ1n) is 11.1. The fraction of sp³-hybridized carbons (Fsp3) is 0.148. The number of nitrogens with one attached hydrogen (secondary N) is 3. The molecule has 0 aliphatic rings. The van der Waals surface area contributed by atoms with Crippen LogP contribution >= 0.6 is 0 Å². The van der Waals surface area contributed by atoms with Crippen LogP contribution in [0.3, 0.4) is 0 Å². The van der Waals surface area contributed by atoms with E-state index in [1.165, 1.54) is 21.3 Å². The monoisotopic (exact) mass is 486 g/mol. The van der Waals surface area contributed by atoms with Crippen LogP contribution in [0.15, 0.2) is 72.9 Å². The predicted octanol–water partition coefficient (Wildman–Crippen LogP) is 4.01. The number of anilines is 2. The van der Waals surface area contributed by atoms with Crippen LogP contribution in [0.5, 0.6) is 17.2 Å². The maximum absolute atomic E-state index is 12.5. The van der Waals surface area contributed by atoms with E-state index in [2.05, 4.69) is 21.2 Å². The number of pyridine rings is 1. The molecule has 0 atom stereocenters. The number of carbonyl (C=O) groups excluding carboxylic acids is 2. The van der Waals surface area contributed by atoms with Gasteiger partial charge in [0.1, 0.15) is 0 Å². The quantitative estimate of drug-likeness (QED) is 0.323. The molecular weight excluding hydrogens is 460 g/mol. The largest absolute Gasteiger partial charge is 0.493 e. The van der Waals surface area contributed by atoms with Crippen molar-refractivity contribution < 1.29 is 23.8 Å². The zero-order valence-electron chi connectivity index (χ0n) is 20.1. The highest BCUT2D eigenvalue weighted by molar-refractivity contribution is 5.96. The van der Waals surface area contributed by atoms with Gasteiger partial charge in [-0.2, -0.15) is 0 Å². The minimum absolute atomic E-state index is 0.000257. The third-order valence-corrected chi connectivity index (χ3v) is 5.48. The van der Waals surface area contributed by atoms with Crippen LogP contribution < -0.4 is 30.4 Å². The Hall–Kier alpha value is -4.79. The number of nitrogens with zero attached hydrogens (tertiary/aromatic N) is 1. The van der Waals surface area contributed by atoms with Crippen LogP contribution in [0, 0.1) is 0 Å². The smallest absolute Gasteiger partial charge is 0.269 e. The Morgan fingerprint density at radius 2 is 1.53 bits per heavy atom. The molecule has 3 N–H and O–H groups in total. The van der Waals surface area contributed by atoms with E-state index in [9.17, 15) is 9.59 Å². The summed E-state index contributed by atoms with van der Waals surface area (Å²) in [5.41, 5.74) is 8.52. The van der Waals surface area contributed by atoms with E-state index in [4.69, 9.17) is 14.2 Å². The molecule has 1 heterocycles. The van der Waals surface area contributed by atoms with Crippen molar-refractivity contribution in [3.63, 3.8) is 0 Å². The summed E-state index contributed by atoms with van der Waals surface area (Å²) in [5, 5.41) is 4.34. The summed E-state index contributed by atoms with van der Waals surface area (Å²) in [6, 6.07) is 20.0. The Bertz CT molecular complexity index is 1360.